The van der Waals surface area contributed by atoms with Crippen molar-refractivity contribution in [2.24, 2.45) is 0 Å². The average Bonchev–Trinajstić information content (AvgIpc) is 2.97. The molecule has 48 heavy (non-hydrogen) atoms. The van der Waals surface area contributed by atoms with Gasteiger partial charge in [0.15, 0.2) is 0 Å². The van der Waals surface area contributed by atoms with Gasteiger partial charge in [-0.25, -0.2) is 0 Å². The molecular formula is C45H55GeOSi. The van der Waals surface area contributed by atoms with Crippen molar-refractivity contribution < 1.29 is 4.43 Å². The van der Waals surface area contributed by atoms with E-state index in [-0.39, 0.29) is 0 Å². The van der Waals surface area contributed by atoms with Gasteiger partial charge in [0, 0.05) is 0 Å². The van der Waals surface area contributed by atoms with Gasteiger partial charge in [0.25, 0.3) is 0 Å². The zero-order chi connectivity index (χ0) is 35.1. The van der Waals surface area contributed by atoms with Crippen LogP contribution in [-0.2, 0) is 4.43 Å². The Kier molecular flexibility index (Phi) is 10.8. The molecule has 1 radical (unpaired) electrons. The number of benzene rings is 5. The summed E-state index contributed by atoms with van der Waals surface area (Å²) in [6, 6.07) is 31.8. The maximum absolute atomic E-state index is 7.31. The van der Waals surface area contributed by atoms with Crippen LogP contribution in [0.5, 0.6) is 0 Å². The van der Waals surface area contributed by atoms with Crippen LogP contribution in [0.25, 0.3) is 0 Å². The summed E-state index contributed by atoms with van der Waals surface area (Å²) in [5, 5.41) is 2.91. The Morgan fingerprint density at radius 1 is 0.479 bits per heavy atom. The summed E-state index contributed by atoms with van der Waals surface area (Å²) in [6.45, 7) is 27.7. The molecule has 1 nitrogen and oxygen atoms in total. The van der Waals surface area contributed by atoms with Gasteiger partial charge in [0.2, 0.25) is 0 Å². The number of rotatable bonds is 9. The molecule has 5 rings (SSSR count). The predicted octanol–water partition coefficient (Wildman–Crippen LogP) is 8.73. The second-order valence-electron chi connectivity index (χ2n) is 14.7. The van der Waals surface area contributed by atoms with Crippen LogP contribution in [0.15, 0.2) is 78.9 Å². The molecule has 0 aliphatic heterocycles. The molecule has 0 fully saturated rings. The van der Waals surface area contributed by atoms with Crippen LogP contribution in [-0.4, -0.2) is 29.8 Å². The van der Waals surface area contributed by atoms with Crippen molar-refractivity contribution in [3.63, 3.8) is 0 Å². The fraction of sp³-hybridized carbons (Fsp3) is 0.333. The molecule has 0 aliphatic rings. The summed E-state index contributed by atoms with van der Waals surface area (Å²) in [4.78, 5) is 0. The van der Waals surface area contributed by atoms with Crippen LogP contribution in [0, 0.1) is 83.1 Å². The van der Waals surface area contributed by atoms with Crippen molar-refractivity contribution in [1.82, 2.24) is 0 Å². The molecule has 0 N–H and O–H groups in total. The van der Waals surface area contributed by atoms with Crippen molar-refractivity contribution in [2.45, 2.75) is 93.9 Å². The topological polar surface area (TPSA) is 9.23 Å². The van der Waals surface area contributed by atoms with Crippen LogP contribution < -0.4 is 19.2 Å². The molecule has 0 aliphatic carbocycles. The normalized spacial score (nSPS) is 12.5. The number of aryl methyl sites for hydroxylation is 12. The molecule has 5 aromatic carbocycles. The predicted molar refractivity (Wildman–Crippen MR) is 214 cm³/mol. The first-order valence-electron chi connectivity index (χ1n) is 17.5. The van der Waals surface area contributed by atoms with E-state index in [1.165, 1.54) is 82.7 Å². The third kappa shape index (κ3) is 6.82. The van der Waals surface area contributed by atoms with E-state index in [4.69, 9.17) is 4.43 Å². The molecule has 0 spiro atoms. The molecule has 0 heterocycles. The molecule has 0 saturated heterocycles. The fourth-order valence-corrected chi connectivity index (χ4v) is 24.7. The first-order valence-corrected chi connectivity index (χ1v) is 22.9. The Balaban J connectivity index is 1.95. The average molecular weight is 713 g/mol. The zero-order valence-corrected chi connectivity index (χ0v) is 34.8. The van der Waals surface area contributed by atoms with Gasteiger partial charge < -0.3 is 0 Å². The first kappa shape index (κ1) is 36.1. The standard InChI is InChI=1S/C45H55GeOSi/c1-28-19-32(5)42(33(6)20-28)46(43-34(7)21-29(2)22-35(43)8)41(40-17-15-14-16-18-40)27-48(47-13,44-36(9)23-30(3)24-37(44)10)45-38(11)25-31(4)26-39(45)12/h14-26,41H,27H2,1-13H3. The van der Waals surface area contributed by atoms with Gasteiger partial charge in [0.05, 0.1) is 0 Å². The fourth-order valence-electron chi connectivity index (χ4n) is 9.29. The van der Waals surface area contributed by atoms with E-state index in [2.05, 4.69) is 162 Å². The summed E-state index contributed by atoms with van der Waals surface area (Å²) in [5.41, 5.74) is 18.0. The van der Waals surface area contributed by atoms with Crippen LogP contribution in [0.4, 0.5) is 0 Å². The van der Waals surface area contributed by atoms with Crippen molar-refractivity contribution in [3.05, 3.63) is 151 Å². The van der Waals surface area contributed by atoms with Gasteiger partial charge in [0.1, 0.15) is 0 Å². The van der Waals surface area contributed by atoms with E-state index in [1.54, 1.807) is 8.79 Å². The Bertz CT molecular complexity index is 1760. The Morgan fingerprint density at radius 3 is 1.10 bits per heavy atom. The van der Waals surface area contributed by atoms with Crippen LogP contribution in [0.2, 0.25) is 6.04 Å². The van der Waals surface area contributed by atoms with Gasteiger partial charge in [-0.05, 0) is 0 Å². The monoisotopic (exact) mass is 713 g/mol. The molecule has 0 amide bonds. The van der Waals surface area contributed by atoms with Gasteiger partial charge >= 0.3 is 298 Å². The Labute approximate surface area is 297 Å². The molecule has 0 aromatic heterocycles. The van der Waals surface area contributed by atoms with Gasteiger partial charge in [-0.1, -0.05) is 0 Å². The van der Waals surface area contributed by atoms with E-state index >= 15 is 0 Å². The van der Waals surface area contributed by atoms with E-state index in [1.807, 2.05) is 7.11 Å². The van der Waals surface area contributed by atoms with Crippen molar-refractivity contribution >= 4 is 41.8 Å². The second-order valence-corrected chi connectivity index (χ2v) is 23.5. The van der Waals surface area contributed by atoms with Crippen molar-refractivity contribution in [1.29, 1.82) is 0 Å². The number of hydrogen-bond donors (Lipinski definition) is 0. The second kappa shape index (κ2) is 14.4. The summed E-state index contributed by atoms with van der Waals surface area (Å²) in [7, 11) is -0.846. The molecular weight excluding hydrogens is 657 g/mol. The van der Waals surface area contributed by atoms with Gasteiger partial charge in [-0.3, -0.25) is 0 Å². The Hall–Kier alpha value is -3.18. The first-order chi connectivity index (χ1) is 22.7. The summed E-state index contributed by atoms with van der Waals surface area (Å²) in [5.74, 6) is 0. The summed E-state index contributed by atoms with van der Waals surface area (Å²) < 4.78 is 10.9. The molecule has 1 unspecified atom stereocenters. The quantitative estimate of drug-likeness (QED) is 0.139. The number of hydrogen-bond acceptors (Lipinski definition) is 1. The molecule has 3 heteroatoms. The minimum atomic E-state index is -2.87. The van der Waals surface area contributed by atoms with Crippen molar-refractivity contribution in [3.8, 4) is 0 Å². The minimum absolute atomic E-state index is 0.332. The third-order valence-corrected chi connectivity index (χ3v) is 24.3. The van der Waals surface area contributed by atoms with Gasteiger partial charge in [-0.2, -0.15) is 0 Å². The molecule has 0 saturated carbocycles. The van der Waals surface area contributed by atoms with E-state index in [9.17, 15) is 0 Å². The van der Waals surface area contributed by atoms with E-state index in [0.29, 0.717) is 4.75 Å². The Morgan fingerprint density at radius 2 is 0.792 bits per heavy atom. The molecule has 0 bridgehead atoms. The SMILES string of the molecule is CO[Si](C[CH](c1ccccc1)[Ge]([c]1c(C)cc(C)cc1C)[c]1c(C)cc(C)cc1C)(c1c(C)cc(C)cc1C)c1c(C)cc(C)cc1C. The third-order valence-electron chi connectivity index (χ3n) is 10.4. The zero-order valence-electron chi connectivity index (χ0n) is 31.7. The van der Waals surface area contributed by atoms with Gasteiger partial charge in [-0.15, -0.1) is 0 Å². The maximum atomic E-state index is 7.31. The molecule has 1 atom stereocenters. The van der Waals surface area contributed by atoms with Crippen LogP contribution in [0.1, 0.15) is 77.1 Å². The summed E-state index contributed by atoms with van der Waals surface area (Å²) >= 11 is -2.40. The van der Waals surface area contributed by atoms with Crippen LogP contribution in [0.3, 0.4) is 0 Å². The van der Waals surface area contributed by atoms with E-state index < -0.39 is 22.7 Å². The molecule has 249 valence electrons. The van der Waals surface area contributed by atoms with Crippen molar-refractivity contribution in [2.75, 3.05) is 7.11 Å². The molecule has 5 aromatic rings. The van der Waals surface area contributed by atoms with E-state index in [0.717, 1.165) is 6.04 Å². The summed E-state index contributed by atoms with van der Waals surface area (Å²) in [6.07, 6.45) is 0. The van der Waals surface area contributed by atoms with Crippen LogP contribution >= 0.6 is 0 Å².